The number of hydrazone groups is 1. The number of nitrogens with one attached hydrogen (secondary N) is 1. The van der Waals surface area contributed by atoms with Gasteiger partial charge in [-0.1, -0.05) is 41.4 Å². The first-order valence-corrected chi connectivity index (χ1v) is 9.75. The third-order valence-electron chi connectivity index (χ3n) is 3.92. The Morgan fingerprint density at radius 3 is 2.64 bits per heavy atom. The van der Waals surface area contributed by atoms with Gasteiger partial charge >= 0.3 is 0 Å². The Hall–Kier alpha value is -2.63. The van der Waals surface area contributed by atoms with Crippen LogP contribution in [0.4, 0.5) is 0 Å². The van der Waals surface area contributed by atoms with E-state index < -0.39 is 0 Å². The maximum absolute atomic E-state index is 12.1. The highest BCUT2D eigenvalue weighted by atomic mass is 79.9. The van der Waals surface area contributed by atoms with Crippen molar-refractivity contribution in [3.63, 3.8) is 0 Å². The summed E-state index contributed by atoms with van der Waals surface area (Å²) in [7, 11) is 0. The van der Waals surface area contributed by atoms with Gasteiger partial charge in [0.15, 0.2) is 0 Å². The van der Waals surface area contributed by atoms with Gasteiger partial charge in [0.25, 0.3) is 5.91 Å². The smallest absolute Gasteiger partial charge is 0.271 e. The van der Waals surface area contributed by atoms with Crippen molar-refractivity contribution in [3.05, 3.63) is 98.5 Å². The van der Waals surface area contributed by atoms with Gasteiger partial charge in [0.1, 0.15) is 12.4 Å². The van der Waals surface area contributed by atoms with Gasteiger partial charge in [0.05, 0.1) is 10.7 Å². The lowest BCUT2D eigenvalue weighted by Crippen LogP contribution is -2.17. The number of rotatable bonds is 6. The topological polar surface area (TPSA) is 50.7 Å². The molecule has 0 unspecified atom stereocenters. The van der Waals surface area contributed by atoms with Crippen LogP contribution < -0.4 is 10.2 Å². The standard InChI is InChI=1S/C22H18BrClN2O2/c1-15-3-2-4-18(11-15)22(27)26-25-13-17-7-10-21(20(23)12-17)28-14-16-5-8-19(24)9-6-16/h2-13H,14H2,1H3,(H,26,27)/b25-13-. The fourth-order valence-corrected chi connectivity index (χ4v) is 3.11. The van der Waals surface area contributed by atoms with Gasteiger partial charge in [-0.3, -0.25) is 4.79 Å². The summed E-state index contributed by atoms with van der Waals surface area (Å²) in [5.41, 5.74) is 5.99. The molecule has 1 N–H and O–H groups in total. The van der Waals surface area contributed by atoms with Crippen molar-refractivity contribution < 1.29 is 9.53 Å². The zero-order valence-corrected chi connectivity index (χ0v) is 17.5. The summed E-state index contributed by atoms with van der Waals surface area (Å²) >= 11 is 9.39. The molecule has 0 saturated carbocycles. The predicted octanol–water partition coefficient (Wildman–Crippen LogP) is 5.75. The van der Waals surface area contributed by atoms with Gasteiger partial charge in [-0.2, -0.15) is 5.10 Å². The van der Waals surface area contributed by atoms with E-state index in [4.69, 9.17) is 16.3 Å². The fourth-order valence-electron chi connectivity index (χ4n) is 2.47. The minimum Gasteiger partial charge on any atom is -0.488 e. The minimum atomic E-state index is -0.248. The van der Waals surface area contributed by atoms with Gasteiger partial charge in [0, 0.05) is 10.6 Å². The molecule has 0 saturated heterocycles. The highest BCUT2D eigenvalue weighted by molar-refractivity contribution is 9.10. The van der Waals surface area contributed by atoms with Crippen LogP contribution in [0.25, 0.3) is 0 Å². The quantitative estimate of drug-likeness (QED) is 0.378. The van der Waals surface area contributed by atoms with E-state index in [1.165, 1.54) is 0 Å². The average molecular weight is 458 g/mol. The summed E-state index contributed by atoms with van der Waals surface area (Å²) in [5.74, 6) is 0.470. The molecule has 0 spiro atoms. The molecule has 0 aliphatic heterocycles. The van der Waals surface area contributed by atoms with Crippen LogP contribution in [0.2, 0.25) is 5.02 Å². The van der Waals surface area contributed by atoms with Crippen LogP contribution in [0, 0.1) is 6.92 Å². The second-order valence-corrected chi connectivity index (χ2v) is 7.46. The Kier molecular flexibility index (Phi) is 6.85. The van der Waals surface area contributed by atoms with Crippen LogP contribution in [0.3, 0.4) is 0 Å². The van der Waals surface area contributed by atoms with Crippen molar-refractivity contribution in [2.45, 2.75) is 13.5 Å². The normalized spacial score (nSPS) is 10.8. The van der Waals surface area contributed by atoms with Gasteiger partial charge in [-0.25, -0.2) is 5.43 Å². The molecule has 3 aromatic rings. The molecule has 0 bridgehead atoms. The van der Waals surface area contributed by atoms with Gasteiger partial charge in [-0.15, -0.1) is 0 Å². The van der Waals surface area contributed by atoms with E-state index >= 15 is 0 Å². The number of amides is 1. The van der Waals surface area contributed by atoms with Crippen molar-refractivity contribution in [2.75, 3.05) is 0 Å². The van der Waals surface area contributed by atoms with E-state index in [9.17, 15) is 4.79 Å². The van der Waals surface area contributed by atoms with Crippen molar-refractivity contribution in [2.24, 2.45) is 5.10 Å². The van der Waals surface area contributed by atoms with Crippen LogP contribution in [-0.2, 0) is 6.61 Å². The molecule has 142 valence electrons. The molecule has 0 radical (unpaired) electrons. The Balaban J connectivity index is 1.58. The van der Waals surface area contributed by atoms with Crippen LogP contribution in [0.5, 0.6) is 5.75 Å². The van der Waals surface area contributed by atoms with E-state index in [0.717, 1.165) is 26.9 Å². The Morgan fingerprint density at radius 2 is 1.93 bits per heavy atom. The molecule has 28 heavy (non-hydrogen) atoms. The second-order valence-electron chi connectivity index (χ2n) is 6.17. The first-order valence-electron chi connectivity index (χ1n) is 8.58. The van der Waals surface area contributed by atoms with E-state index in [1.807, 2.05) is 67.6 Å². The molecule has 6 heteroatoms. The van der Waals surface area contributed by atoms with Crippen molar-refractivity contribution in [3.8, 4) is 5.75 Å². The fraction of sp³-hybridized carbons (Fsp3) is 0.0909. The molecule has 0 aliphatic rings. The molecule has 0 aliphatic carbocycles. The van der Waals surface area contributed by atoms with E-state index in [0.29, 0.717) is 17.2 Å². The van der Waals surface area contributed by atoms with Crippen LogP contribution in [-0.4, -0.2) is 12.1 Å². The molecule has 4 nitrogen and oxygen atoms in total. The summed E-state index contributed by atoms with van der Waals surface area (Å²) in [6.07, 6.45) is 1.58. The van der Waals surface area contributed by atoms with E-state index in [-0.39, 0.29) is 5.91 Å². The largest absolute Gasteiger partial charge is 0.488 e. The lowest BCUT2D eigenvalue weighted by Gasteiger charge is -2.09. The monoisotopic (exact) mass is 456 g/mol. The van der Waals surface area contributed by atoms with Crippen LogP contribution in [0.15, 0.2) is 76.3 Å². The summed E-state index contributed by atoms with van der Waals surface area (Å²) in [6.45, 7) is 2.38. The molecule has 0 atom stereocenters. The molecule has 0 heterocycles. The lowest BCUT2D eigenvalue weighted by molar-refractivity contribution is 0.0955. The average Bonchev–Trinajstić information content (AvgIpc) is 2.68. The number of hydrogen-bond donors (Lipinski definition) is 1. The number of benzene rings is 3. The third-order valence-corrected chi connectivity index (χ3v) is 4.80. The molecular weight excluding hydrogens is 440 g/mol. The summed E-state index contributed by atoms with van der Waals surface area (Å²) in [4.78, 5) is 12.1. The Bertz CT molecular complexity index is 1000. The SMILES string of the molecule is Cc1cccc(C(=O)N/N=C\c2ccc(OCc3ccc(Cl)cc3)c(Br)c2)c1. The zero-order chi connectivity index (χ0) is 19.9. The van der Waals surface area contributed by atoms with Crippen molar-refractivity contribution in [1.82, 2.24) is 5.43 Å². The molecule has 0 aromatic heterocycles. The number of hydrogen-bond acceptors (Lipinski definition) is 3. The zero-order valence-electron chi connectivity index (χ0n) is 15.2. The molecule has 3 rings (SSSR count). The third kappa shape index (κ3) is 5.68. The van der Waals surface area contributed by atoms with Gasteiger partial charge in [0.2, 0.25) is 0 Å². The molecule has 1 amide bonds. The molecular formula is C22H18BrClN2O2. The highest BCUT2D eigenvalue weighted by Gasteiger charge is 2.05. The first-order chi connectivity index (χ1) is 13.5. The maximum atomic E-state index is 12.1. The van der Waals surface area contributed by atoms with Gasteiger partial charge < -0.3 is 4.74 Å². The predicted molar refractivity (Wildman–Crippen MR) is 116 cm³/mol. The summed E-state index contributed by atoms with van der Waals surface area (Å²) in [5, 5.41) is 4.72. The minimum absolute atomic E-state index is 0.248. The number of aryl methyl sites for hydroxylation is 1. The maximum Gasteiger partial charge on any atom is 0.271 e. The second kappa shape index (κ2) is 9.53. The van der Waals surface area contributed by atoms with E-state index in [2.05, 4.69) is 26.5 Å². The number of carbonyl (C=O) groups is 1. The highest BCUT2D eigenvalue weighted by Crippen LogP contribution is 2.26. The van der Waals surface area contributed by atoms with Gasteiger partial charge in [-0.05, 0) is 76.4 Å². The molecule has 0 fully saturated rings. The van der Waals surface area contributed by atoms with Crippen LogP contribution in [0.1, 0.15) is 27.0 Å². The number of carbonyl (C=O) groups excluding carboxylic acids is 1. The summed E-state index contributed by atoms with van der Waals surface area (Å²) < 4.78 is 6.63. The van der Waals surface area contributed by atoms with Crippen LogP contribution >= 0.6 is 27.5 Å². The Labute approximate surface area is 177 Å². The van der Waals surface area contributed by atoms with Crippen molar-refractivity contribution in [1.29, 1.82) is 0 Å². The first kappa shape index (κ1) is 20.1. The van der Waals surface area contributed by atoms with Crippen molar-refractivity contribution >= 4 is 39.7 Å². The van der Waals surface area contributed by atoms with E-state index in [1.54, 1.807) is 12.3 Å². The number of ether oxygens (including phenoxy) is 1. The number of nitrogens with zero attached hydrogens (tertiary/aromatic N) is 1. The Morgan fingerprint density at radius 1 is 1.14 bits per heavy atom. The number of halogens is 2. The lowest BCUT2D eigenvalue weighted by atomic mass is 10.1. The summed E-state index contributed by atoms with van der Waals surface area (Å²) in [6, 6.07) is 20.5. The molecule has 3 aromatic carbocycles.